The standard InChI is InChI=1S/C10H15N2.C2N3/c1-3-5-7-12-9-8-11(10-12)6-4-2;3-1-5-2-4/h2,8-10H,3,5-7H2,1H3;/q+1;-1. The van der Waals surface area contributed by atoms with Crippen molar-refractivity contribution in [2.24, 2.45) is 4.99 Å². The molecule has 1 rings (SSSR count). The number of aliphatic imine (C=N–C) groups is 1. The van der Waals surface area contributed by atoms with E-state index in [0.717, 1.165) is 6.54 Å². The second-order valence-electron chi connectivity index (χ2n) is 3.19. The van der Waals surface area contributed by atoms with E-state index >= 15 is 0 Å². The molecular weight excluding hydrogens is 214 g/mol. The smallest absolute Gasteiger partial charge is 0.244 e. The van der Waals surface area contributed by atoms with Crippen LogP contribution >= 0.6 is 0 Å². The second kappa shape index (κ2) is 10.2. The minimum Gasteiger partial charge on any atom is -0.422 e. The molecule has 1 heterocycles. The molecule has 0 aromatic carbocycles. The van der Waals surface area contributed by atoms with Crippen LogP contribution in [-0.2, 0) is 13.1 Å². The van der Waals surface area contributed by atoms with Gasteiger partial charge in [-0.15, -0.1) is 12.4 Å². The summed E-state index contributed by atoms with van der Waals surface area (Å²) in [5.41, 5.74) is 0. The van der Waals surface area contributed by atoms with Crippen molar-refractivity contribution < 1.29 is 4.57 Å². The Kier molecular flexibility index (Phi) is 8.76. The van der Waals surface area contributed by atoms with E-state index in [1.807, 2.05) is 10.8 Å². The summed E-state index contributed by atoms with van der Waals surface area (Å²) >= 11 is 0. The van der Waals surface area contributed by atoms with Crippen LogP contribution in [0.4, 0.5) is 0 Å². The zero-order valence-corrected chi connectivity index (χ0v) is 9.87. The third-order valence-electron chi connectivity index (χ3n) is 1.89. The highest BCUT2D eigenvalue weighted by atomic mass is 15.1. The molecule has 5 nitrogen and oxygen atoms in total. The molecule has 5 heteroatoms. The lowest BCUT2D eigenvalue weighted by Gasteiger charge is -1.91. The molecule has 88 valence electrons. The molecule has 0 saturated carbocycles. The Labute approximate surface area is 102 Å². The largest absolute Gasteiger partial charge is 0.422 e. The van der Waals surface area contributed by atoms with Crippen molar-refractivity contribution in [1.82, 2.24) is 4.57 Å². The first-order chi connectivity index (χ1) is 8.28. The number of aryl methyl sites for hydroxylation is 1. The van der Waals surface area contributed by atoms with Gasteiger partial charge in [-0.1, -0.05) is 19.3 Å². The van der Waals surface area contributed by atoms with Gasteiger partial charge in [0.15, 0.2) is 6.54 Å². The molecule has 0 amide bonds. The van der Waals surface area contributed by atoms with Gasteiger partial charge in [0.1, 0.15) is 12.4 Å². The van der Waals surface area contributed by atoms with Crippen LogP contribution in [0.2, 0.25) is 0 Å². The number of hydrogen-bond acceptors (Lipinski definition) is 2. The summed E-state index contributed by atoms with van der Waals surface area (Å²) in [5.74, 6) is 2.60. The van der Waals surface area contributed by atoms with Crippen molar-refractivity contribution >= 4 is 6.01 Å². The molecule has 0 radical (unpaired) electrons. The summed E-state index contributed by atoms with van der Waals surface area (Å²) in [5, 5.41) is 14.9. The monoisotopic (exact) mass is 229 g/mol. The predicted octanol–water partition coefficient (Wildman–Crippen LogP) is 1.42. The summed E-state index contributed by atoms with van der Waals surface area (Å²) < 4.78 is 4.18. The van der Waals surface area contributed by atoms with Gasteiger partial charge in [0.25, 0.3) is 0 Å². The summed E-state index contributed by atoms with van der Waals surface area (Å²) in [4.78, 5) is 2.58. The molecular formula is C12H15N5. The first kappa shape index (κ1) is 14.6. The van der Waals surface area contributed by atoms with Gasteiger partial charge in [-0.2, -0.15) is 5.26 Å². The van der Waals surface area contributed by atoms with Crippen LogP contribution in [-0.4, -0.2) is 10.6 Å². The lowest BCUT2D eigenvalue weighted by atomic mass is 10.3. The molecule has 0 saturated heterocycles. The zero-order chi connectivity index (χ0) is 12.9. The zero-order valence-electron chi connectivity index (χ0n) is 9.87. The third kappa shape index (κ3) is 7.56. The van der Waals surface area contributed by atoms with Crippen LogP contribution < -0.4 is 4.57 Å². The topological polar surface area (TPSA) is 67.3 Å². The van der Waals surface area contributed by atoms with Gasteiger partial charge in [0, 0.05) is 0 Å². The maximum atomic E-state index is 7.43. The maximum absolute atomic E-state index is 7.43. The molecule has 0 spiro atoms. The Balaban J connectivity index is 0.000000437. The van der Waals surface area contributed by atoms with Crippen LogP contribution in [0.25, 0.3) is 5.41 Å². The number of hydrogen-bond donors (Lipinski definition) is 0. The fourth-order valence-corrected chi connectivity index (χ4v) is 1.13. The molecule has 0 aliphatic rings. The van der Waals surface area contributed by atoms with Crippen LogP contribution in [0.1, 0.15) is 19.8 Å². The molecule has 0 aliphatic carbocycles. The number of unbranched alkanes of at least 4 members (excludes halogenated alkanes) is 1. The summed E-state index contributed by atoms with van der Waals surface area (Å²) in [6, 6.07) is 1.28. The van der Waals surface area contributed by atoms with E-state index in [4.69, 9.17) is 17.1 Å². The van der Waals surface area contributed by atoms with Gasteiger partial charge in [0.2, 0.25) is 6.33 Å². The Morgan fingerprint density at radius 3 is 2.82 bits per heavy atom. The van der Waals surface area contributed by atoms with Crippen LogP contribution in [0.5, 0.6) is 0 Å². The van der Waals surface area contributed by atoms with E-state index in [-0.39, 0.29) is 0 Å². The molecule has 0 aliphatic heterocycles. The van der Waals surface area contributed by atoms with Gasteiger partial charge >= 0.3 is 0 Å². The van der Waals surface area contributed by atoms with Gasteiger partial charge in [-0.25, -0.2) is 9.13 Å². The van der Waals surface area contributed by atoms with E-state index in [9.17, 15) is 0 Å². The summed E-state index contributed by atoms with van der Waals surface area (Å²) in [7, 11) is 0. The Bertz CT molecular complexity index is 440. The number of nitriles is 1. The number of rotatable bonds is 4. The quantitative estimate of drug-likeness (QED) is 0.333. The third-order valence-corrected chi connectivity index (χ3v) is 1.89. The van der Waals surface area contributed by atoms with Crippen molar-refractivity contribution in [3.05, 3.63) is 24.1 Å². The molecule has 1 aromatic rings. The van der Waals surface area contributed by atoms with Crippen LogP contribution in [0, 0.1) is 23.8 Å². The molecule has 0 N–H and O–H groups in total. The van der Waals surface area contributed by atoms with Gasteiger partial charge in [0.05, 0.1) is 12.7 Å². The summed E-state index contributed by atoms with van der Waals surface area (Å²) in [6.45, 7) is 3.95. The number of aromatic nitrogens is 2. The SMILES string of the molecule is C#CCn1cc[n+](CCCC)c1.N#CN=C=[N-]. The van der Waals surface area contributed by atoms with Crippen molar-refractivity contribution in [1.29, 1.82) is 5.26 Å². The first-order valence-corrected chi connectivity index (χ1v) is 5.24. The molecule has 0 fully saturated rings. The van der Waals surface area contributed by atoms with Gasteiger partial charge in [-0.3, -0.25) is 0 Å². The van der Waals surface area contributed by atoms with Crippen LogP contribution in [0.3, 0.4) is 0 Å². The fraction of sp³-hybridized carbons (Fsp3) is 0.417. The summed E-state index contributed by atoms with van der Waals surface area (Å²) in [6.07, 6.45) is 15.1. The van der Waals surface area contributed by atoms with E-state index < -0.39 is 0 Å². The number of terminal acetylenes is 1. The molecule has 0 atom stereocenters. The highest BCUT2D eigenvalue weighted by Crippen LogP contribution is 1.87. The van der Waals surface area contributed by atoms with Crippen molar-refractivity contribution in [3.63, 3.8) is 0 Å². The fourth-order valence-electron chi connectivity index (χ4n) is 1.13. The average Bonchev–Trinajstić information content (AvgIpc) is 2.77. The van der Waals surface area contributed by atoms with E-state index in [2.05, 4.69) is 34.9 Å². The number of imidazole rings is 1. The van der Waals surface area contributed by atoms with E-state index in [1.165, 1.54) is 25.0 Å². The Hall–Kier alpha value is -2.36. The predicted molar refractivity (Wildman–Crippen MR) is 64.8 cm³/mol. The molecule has 0 unspecified atom stereocenters. The second-order valence-corrected chi connectivity index (χ2v) is 3.19. The van der Waals surface area contributed by atoms with Crippen molar-refractivity contribution in [2.45, 2.75) is 32.9 Å². The van der Waals surface area contributed by atoms with Gasteiger partial charge in [-0.05, 0) is 6.42 Å². The lowest BCUT2D eigenvalue weighted by Crippen LogP contribution is -2.30. The molecule has 1 aromatic heterocycles. The van der Waals surface area contributed by atoms with Crippen molar-refractivity contribution in [2.75, 3.05) is 0 Å². The minimum absolute atomic E-state index is 0.666. The molecule has 0 bridgehead atoms. The Morgan fingerprint density at radius 2 is 2.35 bits per heavy atom. The normalized spacial score (nSPS) is 7.94. The maximum Gasteiger partial charge on any atom is 0.244 e. The molecule has 17 heavy (non-hydrogen) atoms. The lowest BCUT2D eigenvalue weighted by molar-refractivity contribution is -0.696. The van der Waals surface area contributed by atoms with Crippen molar-refractivity contribution in [3.8, 4) is 18.5 Å². The highest BCUT2D eigenvalue weighted by Gasteiger charge is 1.99. The Morgan fingerprint density at radius 1 is 1.59 bits per heavy atom. The number of nitrogens with zero attached hydrogens (tertiary/aromatic N) is 5. The minimum atomic E-state index is 0.666. The van der Waals surface area contributed by atoms with Gasteiger partial charge < -0.3 is 10.4 Å². The first-order valence-electron chi connectivity index (χ1n) is 5.24. The van der Waals surface area contributed by atoms with E-state index in [1.54, 1.807) is 0 Å². The van der Waals surface area contributed by atoms with Crippen LogP contribution in [0.15, 0.2) is 23.7 Å². The highest BCUT2D eigenvalue weighted by molar-refractivity contribution is 5.46. The van der Waals surface area contributed by atoms with E-state index in [0.29, 0.717) is 6.54 Å². The average molecular weight is 229 g/mol.